The first kappa shape index (κ1) is 20.1. The average Bonchev–Trinajstić information content (AvgIpc) is 3.47. The number of aryl methyl sites for hydroxylation is 1. The fraction of sp³-hybridized carbons (Fsp3) is 0.182. The minimum atomic E-state index is -3.87. The third-order valence-corrected chi connectivity index (χ3v) is 10.2. The molecular formula is C22H19ClO4S2. The summed E-state index contributed by atoms with van der Waals surface area (Å²) >= 11 is 5.89. The van der Waals surface area contributed by atoms with Crippen molar-refractivity contribution < 1.29 is 16.8 Å². The molecule has 3 aromatic carbocycles. The number of hydrogen-bond acceptors (Lipinski definition) is 4. The van der Waals surface area contributed by atoms with Gasteiger partial charge in [0.2, 0.25) is 0 Å². The predicted octanol–water partition coefficient (Wildman–Crippen LogP) is 4.43. The first-order valence-electron chi connectivity index (χ1n) is 9.08. The second kappa shape index (κ2) is 7.27. The molecular weight excluding hydrogens is 428 g/mol. The molecule has 4 rings (SSSR count). The van der Waals surface area contributed by atoms with Crippen LogP contribution in [-0.2, 0) is 19.7 Å². The van der Waals surface area contributed by atoms with Crippen LogP contribution >= 0.6 is 11.6 Å². The smallest absolute Gasteiger partial charge is 0.183 e. The number of sulfone groups is 2. The molecule has 0 spiro atoms. The molecule has 4 nitrogen and oxygen atoms in total. The van der Waals surface area contributed by atoms with Gasteiger partial charge in [0.15, 0.2) is 19.7 Å². The summed E-state index contributed by atoms with van der Waals surface area (Å²) in [5.41, 5.74) is 1.73. The lowest BCUT2D eigenvalue weighted by Gasteiger charge is -2.05. The van der Waals surface area contributed by atoms with Gasteiger partial charge >= 0.3 is 0 Å². The third kappa shape index (κ3) is 3.61. The van der Waals surface area contributed by atoms with E-state index in [0.29, 0.717) is 10.6 Å². The molecule has 1 saturated carbocycles. The summed E-state index contributed by atoms with van der Waals surface area (Å²) in [4.78, 5) is 0.214. The Bertz CT molecular complexity index is 1230. The lowest BCUT2D eigenvalue weighted by atomic mass is 10.1. The Morgan fingerprint density at radius 3 is 1.66 bits per heavy atom. The Kier molecular flexibility index (Phi) is 5.05. The summed E-state index contributed by atoms with van der Waals surface area (Å²) in [6.45, 7) is 1.93. The van der Waals surface area contributed by atoms with Crippen molar-refractivity contribution in [3.63, 3.8) is 0 Å². The minimum Gasteiger partial charge on any atom is -0.223 e. The molecule has 7 heteroatoms. The molecule has 1 aliphatic carbocycles. The van der Waals surface area contributed by atoms with Gasteiger partial charge in [0, 0.05) is 10.9 Å². The van der Waals surface area contributed by atoms with E-state index in [1.54, 1.807) is 18.2 Å². The molecule has 0 N–H and O–H groups in total. The molecule has 0 aromatic heterocycles. The second-order valence-corrected chi connectivity index (χ2v) is 11.9. The summed E-state index contributed by atoms with van der Waals surface area (Å²) in [7, 11) is -7.70. The molecule has 1 aliphatic rings. The van der Waals surface area contributed by atoms with Crippen molar-refractivity contribution in [1.82, 2.24) is 0 Å². The van der Waals surface area contributed by atoms with Gasteiger partial charge in [-0.05, 0) is 48.9 Å². The van der Waals surface area contributed by atoms with Crippen LogP contribution in [0.3, 0.4) is 0 Å². The summed E-state index contributed by atoms with van der Waals surface area (Å²) in [6, 6.07) is 21.2. The van der Waals surface area contributed by atoms with Gasteiger partial charge < -0.3 is 0 Å². The van der Waals surface area contributed by atoms with Crippen molar-refractivity contribution in [1.29, 1.82) is 0 Å². The highest BCUT2D eigenvalue weighted by Gasteiger charge is 2.65. The predicted molar refractivity (Wildman–Crippen MR) is 114 cm³/mol. The molecule has 150 valence electrons. The van der Waals surface area contributed by atoms with Crippen molar-refractivity contribution >= 4 is 31.3 Å². The number of benzene rings is 3. The Morgan fingerprint density at radius 2 is 1.14 bits per heavy atom. The highest BCUT2D eigenvalue weighted by Crippen LogP contribution is 2.54. The van der Waals surface area contributed by atoms with Gasteiger partial charge in [-0.15, -0.1) is 0 Å². The summed E-state index contributed by atoms with van der Waals surface area (Å²) in [6.07, 6.45) is 0. The topological polar surface area (TPSA) is 68.3 Å². The maximum absolute atomic E-state index is 13.3. The van der Waals surface area contributed by atoms with E-state index in [9.17, 15) is 16.8 Å². The van der Waals surface area contributed by atoms with Gasteiger partial charge in [0.05, 0.1) is 20.3 Å². The maximum Gasteiger partial charge on any atom is 0.183 e. The molecule has 0 radical (unpaired) electrons. The molecule has 29 heavy (non-hydrogen) atoms. The van der Waals surface area contributed by atoms with Crippen LogP contribution in [0.2, 0.25) is 5.02 Å². The average molecular weight is 447 g/mol. The van der Waals surface area contributed by atoms with Crippen LogP contribution < -0.4 is 0 Å². The van der Waals surface area contributed by atoms with Crippen LogP contribution in [-0.4, -0.2) is 27.3 Å². The molecule has 3 aromatic rings. The van der Waals surface area contributed by atoms with E-state index in [2.05, 4.69) is 0 Å². The van der Waals surface area contributed by atoms with E-state index < -0.39 is 36.1 Å². The largest absolute Gasteiger partial charge is 0.223 e. The molecule has 3 atom stereocenters. The van der Waals surface area contributed by atoms with E-state index in [4.69, 9.17) is 11.6 Å². The molecule has 3 unspecified atom stereocenters. The lowest BCUT2D eigenvalue weighted by Crippen LogP contribution is -2.17. The van der Waals surface area contributed by atoms with Gasteiger partial charge in [-0.3, -0.25) is 0 Å². The number of hydrogen-bond donors (Lipinski definition) is 0. The molecule has 0 bridgehead atoms. The van der Waals surface area contributed by atoms with Crippen molar-refractivity contribution in [2.24, 2.45) is 0 Å². The Balaban J connectivity index is 1.81. The highest BCUT2D eigenvalue weighted by atomic mass is 35.5. The Morgan fingerprint density at radius 1 is 0.655 bits per heavy atom. The zero-order valence-electron chi connectivity index (χ0n) is 15.6. The number of rotatable bonds is 5. The van der Waals surface area contributed by atoms with Gasteiger partial charge in [-0.25, -0.2) is 16.8 Å². The van der Waals surface area contributed by atoms with E-state index >= 15 is 0 Å². The quantitative estimate of drug-likeness (QED) is 0.581. The van der Waals surface area contributed by atoms with Crippen LogP contribution in [0.4, 0.5) is 0 Å². The standard InChI is InChI=1S/C22H19ClO4S2/c1-15-7-9-16(10-8-15)20-21(28(24,25)18-5-3-2-4-6-18)22(20)29(26,27)19-13-11-17(23)12-14-19/h2-14,20-22H,1H3. The Hall–Kier alpha value is -2.15. The fourth-order valence-corrected chi connectivity index (χ4v) is 8.78. The summed E-state index contributed by atoms with van der Waals surface area (Å²) in [5, 5.41) is -1.66. The Labute approximate surface area is 176 Å². The van der Waals surface area contributed by atoms with Crippen molar-refractivity contribution in [3.8, 4) is 0 Å². The molecule has 0 saturated heterocycles. The van der Waals surface area contributed by atoms with Crippen LogP contribution in [0, 0.1) is 6.92 Å². The van der Waals surface area contributed by atoms with Crippen molar-refractivity contribution in [3.05, 3.63) is 95.0 Å². The monoisotopic (exact) mass is 446 g/mol. The maximum atomic E-state index is 13.3. The van der Waals surface area contributed by atoms with Gasteiger partial charge in [-0.1, -0.05) is 59.6 Å². The molecule has 0 aliphatic heterocycles. The van der Waals surface area contributed by atoms with Crippen LogP contribution in [0.5, 0.6) is 0 Å². The first-order valence-corrected chi connectivity index (χ1v) is 12.5. The van der Waals surface area contributed by atoms with Gasteiger partial charge in [-0.2, -0.15) is 0 Å². The van der Waals surface area contributed by atoms with Gasteiger partial charge in [0.25, 0.3) is 0 Å². The normalized spacial score (nSPS) is 21.7. The SMILES string of the molecule is Cc1ccc(C2C(S(=O)(=O)c3ccccc3)C2S(=O)(=O)c2ccc(Cl)cc2)cc1. The van der Waals surface area contributed by atoms with E-state index in [1.807, 2.05) is 31.2 Å². The van der Waals surface area contributed by atoms with Crippen LogP contribution in [0.1, 0.15) is 17.0 Å². The first-order chi connectivity index (χ1) is 13.7. The van der Waals surface area contributed by atoms with Crippen LogP contribution in [0.25, 0.3) is 0 Å². The summed E-state index contributed by atoms with van der Waals surface area (Å²) < 4.78 is 53.3. The minimum absolute atomic E-state index is 0.0785. The van der Waals surface area contributed by atoms with Crippen LogP contribution in [0.15, 0.2) is 88.7 Å². The third-order valence-electron chi connectivity index (χ3n) is 5.28. The van der Waals surface area contributed by atoms with E-state index in [1.165, 1.54) is 36.4 Å². The zero-order valence-corrected chi connectivity index (χ0v) is 18.0. The molecule has 0 heterocycles. The molecule has 1 fully saturated rings. The second-order valence-electron chi connectivity index (χ2n) is 7.22. The molecule has 0 amide bonds. The zero-order chi connectivity index (χ0) is 20.8. The van der Waals surface area contributed by atoms with Crippen molar-refractivity contribution in [2.75, 3.05) is 0 Å². The van der Waals surface area contributed by atoms with E-state index in [0.717, 1.165) is 5.56 Å². The van der Waals surface area contributed by atoms with E-state index in [-0.39, 0.29) is 9.79 Å². The summed E-state index contributed by atoms with van der Waals surface area (Å²) in [5.74, 6) is -0.624. The number of halogens is 1. The highest BCUT2D eigenvalue weighted by molar-refractivity contribution is 7.97. The fourth-order valence-electron chi connectivity index (χ4n) is 3.71. The van der Waals surface area contributed by atoms with Gasteiger partial charge in [0.1, 0.15) is 0 Å². The van der Waals surface area contributed by atoms with Crippen molar-refractivity contribution in [2.45, 2.75) is 33.1 Å². The lowest BCUT2D eigenvalue weighted by molar-refractivity contribution is 0.587.